The van der Waals surface area contributed by atoms with Crippen LogP contribution in [0.4, 0.5) is 0 Å². The lowest BCUT2D eigenvalue weighted by atomic mass is 10.1. The Morgan fingerprint density at radius 2 is 2.42 bits per heavy atom. The number of nitrogens with zero attached hydrogens (tertiary/aromatic N) is 1. The van der Waals surface area contributed by atoms with Gasteiger partial charge in [-0.15, -0.1) is 0 Å². The van der Waals surface area contributed by atoms with Crippen LogP contribution in [0.15, 0.2) is 16.8 Å². The van der Waals surface area contributed by atoms with Gasteiger partial charge in [0, 0.05) is 19.0 Å². The lowest BCUT2D eigenvalue weighted by Gasteiger charge is -2.37. The van der Waals surface area contributed by atoms with Gasteiger partial charge in [-0.2, -0.15) is 11.3 Å². The van der Waals surface area contributed by atoms with E-state index in [1.807, 2.05) is 31.2 Å². The molecule has 19 heavy (non-hydrogen) atoms. The summed E-state index contributed by atoms with van der Waals surface area (Å²) in [4.78, 5) is 14.3. The number of carbonyl (C=O) groups is 1. The Morgan fingerprint density at radius 1 is 1.63 bits per heavy atom. The second kappa shape index (κ2) is 6.50. The number of amides is 1. The molecule has 3 atom stereocenters. The molecule has 1 fully saturated rings. The molecule has 1 aromatic heterocycles. The summed E-state index contributed by atoms with van der Waals surface area (Å²) >= 11 is 1.67. The fraction of sp³-hybridized carbons (Fsp3) is 0.643. The lowest BCUT2D eigenvalue weighted by Crippen LogP contribution is -2.48. The first kappa shape index (κ1) is 14.5. The van der Waals surface area contributed by atoms with Crippen LogP contribution < -0.4 is 5.32 Å². The van der Waals surface area contributed by atoms with Crippen molar-refractivity contribution in [1.82, 2.24) is 10.2 Å². The third kappa shape index (κ3) is 3.55. The van der Waals surface area contributed by atoms with Crippen molar-refractivity contribution in [3.63, 3.8) is 0 Å². The fourth-order valence-electron chi connectivity index (χ4n) is 2.48. The van der Waals surface area contributed by atoms with E-state index < -0.39 is 0 Å². The van der Waals surface area contributed by atoms with E-state index in [-0.39, 0.29) is 24.0 Å². The molecule has 1 aliphatic heterocycles. The molecule has 0 radical (unpaired) electrons. The molecule has 0 saturated carbocycles. The number of rotatable bonds is 4. The Bertz CT molecular complexity index is 408. The van der Waals surface area contributed by atoms with Crippen LogP contribution in [0.5, 0.6) is 0 Å². The molecular formula is C14H22N2O2S. The van der Waals surface area contributed by atoms with Gasteiger partial charge in [0.05, 0.1) is 12.6 Å². The van der Waals surface area contributed by atoms with Crippen LogP contribution in [0, 0.1) is 5.92 Å². The van der Waals surface area contributed by atoms with Gasteiger partial charge in [-0.25, -0.2) is 0 Å². The van der Waals surface area contributed by atoms with Gasteiger partial charge in [0.15, 0.2) is 0 Å². The van der Waals surface area contributed by atoms with Gasteiger partial charge in [-0.1, -0.05) is 6.92 Å². The Hall–Kier alpha value is -0.910. The molecule has 2 heterocycles. The predicted octanol–water partition coefficient (Wildman–Crippen LogP) is 1.89. The zero-order valence-electron chi connectivity index (χ0n) is 11.8. The minimum atomic E-state index is 0.0124. The monoisotopic (exact) mass is 282 g/mol. The summed E-state index contributed by atoms with van der Waals surface area (Å²) in [7, 11) is 1.87. The van der Waals surface area contributed by atoms with Crippen molar-refractivity contribution >= 4 is 17.2 Å². The molecule has 1 saturated heterocycles. The topological polar surface area (TPSA) is 41.6 Å². The van der Waals surface area contributed by atoms with E-state index in [9.17, 15) is 4.79 Å². The van der Waals surface area contributed by atoms with Crippen LogP contribution in [0.2, 0.25) is 0 Å². The normalized spacial score (nSPS) is 25.3. The van der Waals surface area contributed by atoms with Crippen LogP contribution in [0.3, 0.4) is 0 Å². The molecule has 1 N–H and O–H groups in total. The molecule has 0 bridgehead atoms. The second-order valence-electron chi connectivity index (χ2n) is 5.19. The highest BCUT2D eigenvalue weighted by Gasteiger charge is 2.31. The summed E-state index contributed by atoms with van der Waals surface area (Å²) < 4.78 is 5.95. The Kier molecular flexibility index (Phi) is 4.96. The molecule has 3 unspecified atom stereocenters. The summed E-state index contributed by atoms with van der Waals surface area (Å²) in [5, 5.41) is 7.21. The molecule has 2 rings (SSSR count). The first-order valence-electron chi connectivity index (χ1n) is 6.72. The van der Waals surface area contributed by atoms with Gasteiger partial charge in [-0.3, -0.25) is 4.79 Å². The van der Waals surface area contributed by atoms with Gasteiger partial charge in [0.2, 0.25) is 5.91 Å². The summed E-state index contributed by atoms with van der Waals surface area (Å²) in [6.45, 7) is 6.06. The number of morpholine rings is 1. The van der Waals surface area contributed by atoms with Gasteiger partial charge < -0.3 is 15.0 Å². The maximum absolute atomic E-state index is 12.4. The summed E-state index contributed by atoms with van der Waals surface area (Å²) in [5.74, 6) is 0.225. The zero-order chi connectivity index (χ0) is 13.8. The molecule has 0 aromatic carbocycles. The van der Waals surface area contributed by atoms with E-state index in [1.54, 1.807) is 11.3 Å². The highest BCUT2D eigenvalue weighted by atomic mass is 32.1. The van der Waals surface area contributed by atoms with Gasteiger partial charge in [0.25, 0.3) is 0 Å². The van der Waals surface area contributed by atoms with Crippen LogP contribution >= 0.6 is 11.3 Å². The summed E-state index contributed by atoms with van der Waals surface area (Å²) in [5.41, 5.74) is 1.18. The first-order valence-corrected chi connectivity index (χ1v) is 7.67. The molecule has 0 aliphatic carbocycles. The van der Waals surface area contributed by atoms with Crippen molar-refractivity contribution in [2.45, 2.75) is 26.1 Å². The predicted molar refractivity (Wildman–Crippen MR) is 77.3 cm³/mol. The molecule has 106 valence electrons. The maximum atomic E-state index is 12.4. The van der Waals surface area contributed by atoms with Crippen molar-refractivity contribution in [3.05, 3.63) is 22.4 Å². The highest BCUT2D eigenvalue weighted by molar-refractivity contribution is 7.07. The average Bonchev–Trinajstić information content (AvgIpc) is 2.91. The minimum absolute atomic E-state index is 0.0124. The third-order valence-corrected chi connectivity index (χ3v) is 4.12. The summed E-state index contributed by atoms with van der Waals surface area (Å²) in [6.07, 6.45) is 0.102. The van der Waals surface area contributed by atoms with Gasteiger partial charge in [-0.05, 0) is 36.4 Å². The number of carbonyl (C=O) groups excluding carboxylic acids is 1. The van der Waals surface area contributed by atoms with Crippen LogP contribution in [0.25, 0.3) is 0 Å². The Morgan fingerprint density at radius 3 is 3.05 bits per heavy atom. The highest BCUT2D eigenvalue weighted by Crippen LogP contribution is 2.27. The molecular weight excluding hydrogens is 260 g/mol. The third-order valence-electron chi connectivity index (χ3n) is 3.42. The first-order chi connectivity index (χ1) is 9.11. The standard InChI is InChI=1S/C14H22N2O2S/c1-10(6-15-3)14(17)16-7-11(2)18-13(8-16)12-4-5-19-9-12/h4-5,9-11,13,15H,6-8H2,1-3H3. The number of hydrogen-bond donors (Lipinski definition) is 1. The SMILES string of the molecule is CNCC(C)C(=O)N1CC(C)OC(c2ccsc2)C1. The van der Waals surface area contributed by atoms with Gasteiger partial charge >= 0.3 is 0 Å². The van der Waals surface area contributed by atoms with Crippen LogP contribution in [0.1, 0.15) is 25.5 Å². The Labute approximate surface area is 118 Å². The van der Waals surface area contributed by atoms with Crippen molar-refractivity contribution in [3.8, 4) is 0 Å². The van der Waals surface area contributed by atoms with Crippen molar-refractivity contribution in [2.75, 3.05) is 26.7 Å². The van der Waals surface area contributed by atoms with Crippen LogP contribution in [-0.4, -0.2) is 43.6 Å². The van der Waals surface area contributed by atoms with Crippen LogP contribution in [-0.2, 0) is 9.53 Å². The van der Waals surface area contributed by atoms with E-state index in [4.69, 9.17) is 4.74 Å². The van der Waals surface area contributed by atoms with Crippen molar-refractivity contribution in [1.29, 1.82) is 0 Å². The number of thiophene rings is 1. The number of ether oxygens (including phenoxy) is 1. The zero-order valence-corrected chi connectivity index (χ0v) is 12.6. The molecule has 5 heteroatoms. The largest absolute Gasteiger partial charge is 0.367 e. The quantitative estimate of drug-likeness (QED) is 0.917. The van der Waals surface area contributed by atoms with E-state index >= 15 is 0 Å². The minimum Gasteiger partial charge on any atom is -0.367 e. The number of hydrogen-bond acceptors (Lipinski definition) is 4. The molecule has 1 aromatic rings. The van der Waals surface area contributed by atoms with E-state index in [2.05, 4.69) is 16.8 Å². The van der Waals surface area contributed by atoms with Gasteiger partial charge in [0.1, 0.15) is 6.10 Å². The maximum Gasteiger partial charge on any atom is 0.226 e. The van der Waals surface area contributed by atoms with E-state index in [1.165, 1.54) is 5.56 Å². The Balaban J connectivity index is 2.03. The van der Waals surface area contributed by atoms with Crippen molar-refractivity contribution in [2.24, 2.45) is 5.92 Å². The fourth-order valence-corrected chi connectivity index (χ4v) is 3.18. The number of nitrogens with one attached hydrogen (secondary N) is 1. The summed E-state index contributed by atoms with van der Waals surface area (Å²) in [6, 6.07) is 2.08. The molecule has 4 nitrogen and oxygen atoms in total. The van der Waals surface area contributed by atoms with E-state index in [0.29, 0.717) is 19.6 Å². The van der Waals surface area contributed by atoms with Crippen molar-refractivity contribution < 1.29 is 9.53 Å². The molecule has 0 spiro atoms. The molecule has 1 amide bonds. The smallest absolute Gasteiger partial charge is 0.226 e. The molecule has 1 aliphatic rings. The van der Waals surface area contributed by atoms with E-state index in [0.717, 1.165) is 0 Å². The lowest BCUT2D eigenvalue weighted by molar-refractivity contribution is -0.148. The average molecular weight is 282 g/mol. The second-order valence-corrected chi connectivity index (χ2v) is 5.97.